The molecule has 2 N–H and O–H groups in total. The first-order valence-electron chi connectivity index (χ1n) is 8.13. The van der Waals surface area contributed by atoms with E-state index in [9.17, 15) is 4.79 Å². The summed E-state index contributed by atoms with van der Waals surface area (Å²) in [5.74, 6) is -0.918. The zero-order valence-electron chi connectivity index (χ0n) is 13.1. The number of amides is 1. The van der Waals surface area contributed by atoms with Gasteiger partial charge in [-0.25, -0.2) is 5.48 Å². The van der Waals surface area contributed by atoms with Crippen LogP contribution >= 0.6 is 0 Å². The third-order valence-corrected chi connectivity index (χ3v) is 4.45. The highest BCUT2D eigenvalue weighted by Gasteiger charge is 2.22. The molecule has 2 aromatic rings. The second-order valence-corrected chi connectivity index (χ2v) is 5.96. The first-order valence-corrected chi connectivity index (χ1v) is 8.13. The standard InChI is InChI=1S/C19H22N2O2/c22-19(20-23)18(15-7-3-1-4-8-15)16-9-11-17(12-10-16)21-13-5-2-6-14-21/h1,3-4,7-12,18,23H,2,5-6,13-14H2,(H,20,22). The van der Waals surface area contributed by atoms with Crippen LogP contribution in [-0.4, -0.2) is 24.2 Å². The molecule has 1 aliphatic rings. The van der Waals surface area contributed by atoms with Crippen LogP contribution in [0, 0.1) is 0 Å². The molecule has 0 bridgehead atoms. The fraction of sp³-hybridized carbons (Fsp3) is 0.316. The minimum Gasteiger partial charge on any atom is -0.372 e. The van der Waals surface area contributed by atoms with E-state index < -0.39 is 11.8 Å². The highest BCUT2D eigenvalue weighted by atomic mass is 16.5. The van der Waals surface area contributed by atoms with Crippen molar-refractivity contribution in [1.82, 2.24) is 5.48 Å². The van der Waals surface area contributed by atoms with E-state index in [1.165, 1.54) is 24.9 Å². The van der Waals surface area contributed by atoms with Gasteiger partial charge < -0.3 is 4.90 Å². The predicted octanol–water partition coefficient (Wildman–Crippen LogP) is 3.31. The van der Waals surface area contributed by atoms with Crippen molar-refractivity contribution in [2.75, 3.05) is 18.0 Å². The number of hydrogen-bond donors (Lipinski definition) is 2. The number of hydrogen-bond acceptors (Lipinski definition) is 3. The van der Waals surface area contributed by atoms with Crippen molar-refractivity contribution < 1.29 is 10.0 Å². The summed E-state index contributed by atoms with van der Waals surface area (Å²) < 4.78 is 0. The van der Waals surface area contributed by atoms with Gasteiger partial charge in [-0.15, -0.1) is 0 Å². The van der Waals surface area contributed by atoms with E-state index in [4.69, 9.17) is 5.21 Å². The maximum Gasteiger partial charge on any atom is 0.255 e. The Morgan fingerprint density at radius 1 is 0.913 bits per heavy atom. The maximum atomic E-state index is 12.1. The number of benzene rings is 2. The summed E-state index contributed by atoms with van der Waals surface area (Å²) >= 11 is 0. The van der Waals surface area contributed by atoms with Gasteiger partial charge in [-0.05, 0) is 42.5 Å². The summed E-state index contributed by atoms with van der Waals surface area (Å²) in [6, 6.07) is 17.6. The number of carbonyl (C=O) groups is 1. The molecule has 1 aliphatic heterocycles. The summed E-state index contributed by atoms with van der Waals surface area (Å²) in [5.41, 5.74) is 4.73. The first-order chi connectivity index (χ1) is 11.3. The molecule has 1 unspecified atom stereocenters. The number of piperidine rings is 1. The van der Waals surface area contributed by atoms with Crippen LogP contribution in [0.4, 0.5) is 5.69 Å². The fourth-order valence-electron chi connectivity index (χ4n) is 3.23. The number of nitrogens with one attached hydrogen (secondary N) is 1. The Morgan fingerprint density at radius 3 is 2.13 bits per heavy atom. The molecular formula is C19H22N2O2. The Bertz CT molecular complexity index is 634. The van der Waals surface area contributed by atoms with Crippen LogP contribution < -0.4 is 10.4 Å². The molecule has 3 rings (SSSR count). The molecule has 1 amide bonds. The molecule has 120 valence electrons. The molecule has 23 heavy (non-hydrogen) atoms. The van der Waals surface area contributed by atoms with Gasteiger partial charge in [-0.2, -0.15) is 0 Å². The quantitative estimate of drug-likeness (QED) is 0.673. The second-order valence-electron chi connectivity index (χ2n) is 5.96. The molecule has 1 heterocycles. The highest BCUT2D eigenvalue weighted by molar-refractivity contribution is 5.86. The summed E-state index contributed by atoms with van der Waals surface area (Å²) in [7, 11) is 0. The molecule has 0 saturated carbocycles. The fourth-order valence-corrected chi connectivity index (χ4v) is 3.23. The van der Waals surface area contributed by atoms with Crippen LogP contribution in [0.15, 0.2) is 54.6 Å². The van der Waals surface area contributed by atoms with E-state index in [1.54, 1.807) is 5.48 Å². The molecule has 1 atom stereocenters. The predicted molar refractivity (Wildman–Crippen MR) is 90.7 cm³/mol. The van der Waals surface area contributed by atoms with E-state index >= 15 is 0 Å². The van der Waals surface area contributed by atoms with Crippen LogP contribution in [-0.2, 0) is 4.79 Å². The van der Waals surface area contributed by atoms with Crippen LogP contribution in [0.2, 0.25) is 0 Å². The lowest BCUT2D eigenvalue weighted by Gasteiger charge is -2.29. The van der Waals surface area contributed by atoms with Crippen LogP contribution in [0.1, 0.15) is 36.3 Å². The molecule has 1 fully saturated rings. The van der Waals surface area contributed by atoms with Crippen molar-refractivity contribution in [1.29, 1.82) is 0 Å². The van der Waals surface area contributed by atoms with E-state index in [2.05, 4.69) is 17.0 Å². The van der Waals surface area contributed by atoms with E-state index in [0.29, 0.717) is 0 Å². The van der Waals surface area contributed by atoms with Crippen molar-refractivity contribution in [2.24, 2.45) is 0 Å². The number of carbonyl (C=O) groups excluding carboxylic acids is 1. The summed E-state index contributed by atoms with van der Waals surface area (Å²) in [6.45, 7) is 2.19. The van der Waals surface area contributed by atoms with Gasteiger partial charge in [0.25, 0.3) is 5.91 Å². The summed E-state index contributed by atoms with van der Waals surface area (Å²) in [5, 5.41) is 9.08. The van der Waals surface area contributed by atoms with E-state index in [0.717, 1.165) is 24.2 Å². The zero-order chi connectivity index (χ0) is 16.1. The second kappa shape index (κ2) is 7.29. The normalized spacial score (nSPS) is 16.0. The highest BCUT2D eigenvalue weighted by Crippen LogP contribution is 2.28. The van der Waals surface area contributed by atoms with Crippen molar-refractivity contribution >= 4 is 11.6 Å². The van der Waals surface area contributed by atoms with Crippen molar-refractivity contribution in [3.05, 3.63) is 65.7 Å². The van der Waals surface area contributed by atoms with Gasteiger partial charge in [0.1, 0.15) is 0 Å². The minimum absolute atomic E-state index is 0.415. The number of rotatable bonds is 4. The molecule has 2 aromatic carbocycles. The van der Waals surface area contributed by atoms with Crippen LogP contribution in [0.25, 0.3) is 0 Å². The van der Waals surface area contributed by atoms with Crippen molar-refractivity contribution in [2.45, 2.75) is 25.2 Å². The van der Waals surface area contributed by atoms with E-state index in [1.807, 2.05) is 42.5 Å². The Kier molecular flexibility index (Phi) is 4.93. The van der Waals surface area contributed by atoms with Gasteiger partial charge in [0.2, 0.25) is 0 Å². The summed E-state index contributed by atoms with van der Waals surface area (Å²) in [6.07, 6.45) is 3.78. The lowest BCUT2D eigenvalue weighted by molar-refractivity contribution is -0.129. The van der Waals surface area contributed by atoms with Gasteiger partial charge in [-0.1, -0.05) is 42.5 Å². The molecule has 1 saturated heterocycles. The molecule has 4 nitrogen and oxygen atoms in total. The van der Waals surface area contributed by atoms with E-state index in [-0.39, 0.29) is 0 Å². The van der Waals surface area contributed by atoms with Gasteiger partial charge >= 0.3 is 0 Å². The van der Waals surface area contributed by atoms with Crippen molar-refractivity contribution in [3.63, 3.8) is 0 Å². The minimum atomic E-state index is -0.503. The van der Waals surface area contributed by atoms with Gasteiger partial charge in [-0.3, -0.25) is 10.0 Å². The third kappa shape index (κ3) is 3.54. The molecular weight excluding hydrogens is 288 g/mol. The monoisotopic (exact) mass is 310 g/mol. The topological polar surface area (TPSA) is 52.6 Å². The Balaban J connectivity index is 1.86. The average Bonchev–Trinajstić information content (AvgIpc) is 2.64. The molecule has 0 aliphatic carbocycles. The van der Waals surface area contributed by atoms with Crippen LogP contribution in [0.3, 0.4) is 0 Å². The van der Waals surface area contributed by atoms with Gasteiger partial charge in [0.15, 0.2) is 0 Å². The first kappa shape index (κ1) is 15.6. The third-order valence-electron chi connectivity index (χ3n) is 4.45. The summed E-state index contributed by atoms with van der Waals surface area (Å²) in [4.78, 5) is 14.5. The Labute approximate surface area is 136 Å². The molecule has 0 aromatic heterocycles. The lowest BCUT2D eigenvalue weighted by atomic mass is 9.90. The number of anilines is 1. The van der Waals surface area contributed by atoms with Crippen LogP contribution in [0.5, 0.6) is 0 Å². The van der Waals surface area contributed by atoms with Crippen molar-refractivity contribution in [3.8, 4) is 0 Å². The van der Waals surface area contributed by atoms with Gasteiger partial charge in [0.05, 0.1) is 5.92 Å². The largest absolute Gasteiger partial charge is 0.372 e. The zero-order valence-corrected chi connectivity index (χ0v) is 13.1. The molecule has 0 spiro atoms. The SMILES string of the molecule is O=C(NO)C(c1ccccc1)c1ccc(N2CCCCC2)cc1. The van der Waals surface area contributed by atoms with Gasteiger partial charge in [0, 0.05) is 18.8 Å². The smallest absolute Gasteiger partial charge is 0.255 e. The molecule has 0 radical (unpaired) electrons. The number of hydroxylamine groups is 1. The molecule has 4 heteroatoms. The lowest BCUT2D eigenvalue weighted by Crippen LogP contribution is -2.29. The Hall–Kier alpha value is -2.33. The Morgan fingerprint density at radius 2 is 1.52 bits per heavy atom. The average molecular weight is 310 g/mol. The maximum absolute atomic E-state index is 12.1. The number of nitrogens with zero attached hydrogens (tertiary/aromatic N) is 1.